The Balaban J connectivity index is 1.08. The van der Waals surface area contributed by atoms with Gasteiger partial charge >= 0.3 is 0 Å². The molecule has 176 valence electrons. The molecule has 0 spiro atoms. The lowest BCUT2D eigenvalue weighted by Crippen LogP contribution is -2.48. The molecule has 2 aliphatic heterocycles. The minimum atomic E-state index is -0.112. The van der Waals surface area contributed by atoms with Crippen LogP contribution in [-0.2, 0) is 16.1 Å². The van der Waals surface area contributed by atoms with Crippen LogP contribution in [0.1, 0.15) is 30.5 Å². The van der Waals surface area contributed by atoms with Gasteiger partial charge in [-0.2, -0.15) is 5.10 Å². The van der Waals surface area contributed by atoms with Crippen LogP contribution < -0.4 is 5.56 Å². The largest absolute Gasteiger partial charge is 0.340 e. The predicted molar refractivity (Wildman–Crippen MR) is 130 cm³/mol. The van der Waals surface area contributed by atoms with Crippen LogP contribution in [-0.4, -0.2) is 74.4 Å². The van der Waals surface area contributed by atoms with E-state index in [0.717, 1.165) is 23.4 Å². The van der Waals surface area contributed by atoms with E-state index in [9.17, 15) is 14.4 Å². The molecule has 4 heterocycles. The summed E-state index contributed by atoms with van der Waals surface area (Å²) >= 11 is 1.44. The lowest BCUT2D eigenvalue weighted by Gasteiger charge is -2.34. The fourth-order valence-electron chi connectivity index (χ4n) is 4.32. The first-order valence-corrected chi connectivity index (χ1v) is 12.3. The van der Waals surface area contributed by atoms with Gasteiger partial charge in [0, 0.05) is 69.6 Å². The highest BCUT2D eigenvalue weighted by Gasteiger charge is 2.25. The molecule has 2 aromatic heterocycles. The number of aromatic nitrogens is 2. The number of benzene rings is 1. The number of thiazole rings is 1. The van der Waals surface area contributed by atoms with E-state index < -0.39 is 0 Å². The number of hydrazone groups is 1. The number of fused-ring (bicyclic) bond motifs is 1. The van der Waals surface area contributed by atoms with Gasteiger partial charge in [-0.15, -0.1) is 11.3 Å². The number of carbonyl (C=O) groups is 2. The highest BCUT2D eigenvalue weighted by atomic mass is 32.1. The number of hydrogen-bond acceptors (Lipinski definition) is 7. The highest BCUT2D eigenvalue weighted by Crippen LogP contribution is 2.16. The second kappa shape index (κ2) is 9.86. The van der Waals surface area contributed by atoms with Gasteiger partial charge in [-0.1, -0.05) is 30.3 Å². The molecule has 0 bridgehead atoms. The summed E-state index contributed by atoms with van der Waals surface area (Å²) < 4.78 is 1.54. The van der Waals surface area contributed by atoms with Crippen molar-refractivity contribution in [3.8, 4) is 0 Å². The van der Waals surface area contributed by atoms with Crippen LogP contribution in [0, 0.1) is 0 Å². The Bertz CT molecular complexity index is 1280. The summed E-state index contributed by atoms with van der Waals surface area (Å²) in [5.41, 5.74) is 2.62. The number of carbonyl (C=O) groups excluding carboxylic acids is 2. The average Bonchev–Trinajstić information content (AvgIpc) is 3.54. The Kier molecular flexibility index (Phi) is 6.50. The maximum Gasteiger partial charge on any atom is 0.258 e. The van der Waals surface area contributed by atoms with Crippen LogP contribution in [0.4, 0.5) is 0 Å². The highest BCUT2D eigenvalue weighted by molar-refractivity contribution is 7.15. The molecular weight excluding hydrogens is 452 g/mol. The third-order valence-corrected chi connectivity index (χ3v) is 6.97. The van der Waals surface area contributed by atoms with Crippen molar-refractivity contribution in [3.05, 3.63) is 69.6 Å². The van der Waals surface area contributed by atoms with Crippen molar-refractivity contribution in [1.29, 1.82) is 0 Å². The quantitative estimate of drug-likeness (QED) is 0.539. The van der Waals surface area contributed by atoms with E-state index in [-0.39, 0.29) is 30.2 Å². The normalized spacial score (nSPS) is 16.8. The van der Waals surface area contributed by atoms with Crippen LogP contribution in [0.3, 0.4) is 0 Å². The molecule has 1 aromatic carbocycles. The summed E-state index contributed by atoms with van der Waals surface area (Å²) in [4.78, 5) is 46.7. The van der Waals surface area contributed by atoms with Crippen molar-refractivity contribution in [2.24, 2.45) is 5.10 Å². The van der Waals surface area contributed by atoms with Crippen molar-refractivity contribution in [1.82, 2.24) is 24.2 Å². The zero-order valence-electron chi connectivity index (χ0n) is 18.8. The van der Waals surface area contributed by atoms with Crippen molar-refractivity contribution in [2.75, 3.05) is 32.7 Å². The number of piperazine rings is 1. The number of hydrogen-bond donors (Lipinski definition) is 0. The average molecular weight is 479 g/mol. The van der Waals surface area contributed by atoms with Crippen LogP contribution in [0.15, 0.2) is 57.9 Å². The van der Waals surface area contributed by atoms with Gasteiger partial charge in [0.15, 0.2) is 4.96 Å². The third-order valence-electron chi connectivity index (χ3n) is 6.22. The van der Waals surface area contributed by atoms with E-state index in [1.165, 1.54) is 16.3 Å². The molecule has 1 saturated heterocycles. The van der Waals surface area contributed by atoms with E-state index in [4.69, 9.17) is 0 Å². The van der Waals surface area contributed by atoms with Crippen LogP contribution in [0.2, 0.25) is 0 Å². The number of nitrogens with zero attached hydrogens (tertiary/aromatic N) is 6. The van der Waals surface area contributed by atoms with Gasteiger partial charge in [0.1, 0.15) is 0 Å². The molecule has 2 amide bonds. The Morgan fingerprint density at radius 2 is 1.74 bits per heavy atom. The summed E-state index contributed by atoms with van der Waals surface area (Å²) in [6, 6.07) is 11.4. The lowest BCUT2D eigenvalue weighted by molar-refractivity contribution is -0.137. The Morgan fingerprint density at radius 1 is 0.971 bits per heavy atom. The summed E-state index contributed by atoms with van der Waals surface area (Å²) in [5.74, 6) is -0.116. The van der Waals surface area contributed by atoms with Crippen molar-refractivity contribution >= 4 is 33.8 Å². The smallest absolute Gasteiger partial charge is 0.258 e. The minimum absolute atomic E-state index is 0.00386. The molecule has 5 rings (SSSR count). The van der Waals surface area contributed by atoms with E-state index in [1.807, 2.05) is 40.6 Å². The monoisotopic (exact) mass is 478 g/mol. The van der Waals surface area contributed by atoms with E-state index in [0.29, 0.717) is 44.2 Å². The minimum Gasteiger partial charge on any atom is -0.340 e. The van der Waals surface area contributed by atoms with Crippen molar-refractivity contribution in [2.45, 2.75) is 25.8 Å². The topological polar surface area (TPSA) is 90.6 Å². The van der Waals surface area contributed by atoms with Gasteiger partial charge < -0.3 is 4.90 Å². The third kappa shape index (κ3) is 4.92. The second-order valence-corrected chi connectivity index (χ2v) is 9.35. The predicted octanol–water partition coefficient (Wildman–Crippen LogP) is 1.82. The van der Waals surface area contributed by atoms with E-state index in [1.54, 1.807) is 16.7 Å². The lowest BCUT2D eigenvalue weighted by atomic mass is 10.1. The molecular formula is C24H26N6O3S. The first-order valence-electron chi connectivity index (χ1n) is 11.5. The molecule has 2 aliphatic rings. The molecule has 34 heavy (non-hydrogen) atoms. The van der Waals surface area contributed by atoms with Crippen LogP contribution in [0.5, 0.6) is 0 Å². The zero-order valence-corrected chi connectivity index (χ0v) is 19.6. The molecule has 0 N–H and O–H groups in total. The molecule has 3 aromatic rings. The number of amides is 2. The van der Waals surface area contributed by atoms with Gasteiger partial charge in [-0.3, -0.25) is 23.7 Å². The van der Waals surface area contributed by atoms with Gasteiger partial charge in [0.2, 0.25) is 11.8 Å². The maximum atomic E-state index is 12.7. The molecule has 9 nitrogen and oxygen atoms in total. The van der Waals surface area contributed by atoms with E-state index >= 15 is 0 Å². The Labute approximate surface area is 200 Å². The molecule has 0 radical (unpaired) electrons. The molecule has 10 heteroatoms. The molecule has 0 saturated carbocycles. The maximum absolute atomic E-state index is 12.7. The van der Waals surface area contributed by atoms with Gasteiger partial charge in [-0.05, 0) is 5.56 Å². The van der Waals surface area contributed by atoms with Crippen LogP contribution >= 0.6 is 11.3 Å². The first-order chi connectivity index (χ1) is 16.6. The molecule has 0 atom stereocenters. The number of rotatable bonds is 6. The molecule has 1 fully saturated rings. The van der Waals surface area contributed by atoms with Gasteiger partial charge in [0.05, 0.1) is 18.0 Å². The Morgan fingerprint density at radius 3 is 2.53 bits per heavy atom. The summed E-state index contributed by atoms with van der Waals surface area (Å²) in [6.45, 7) is 3.77. The van der Waals surface area contributed by atoms with Crippen LogP contribution in [0.25, 0.3) is 4.96 Å². The van der Waals surface area contributed by atoms with Crippen molar-refractivity contribution < 1.29 is 9.59 Å². The zero-order chi connectivity index (χ0) is 23.5. The first kappa shape index (κ1) is 22.4. The van der Waals surface area contributed by atoms with Gasteiger partial charge in [0.25, 0.3) is 5.56 Å². The van der Waals surface area contributed by atoms with E-state index in [2.05, 4.69) is 15.0 Å². The SMILES string of the molecule is O=C(CCC(=O)N1CCC(c2ccccc2)=N1)N1CCN(Cc2cc(=O)n3ccsc3n2)CC1. The Hall–Kier alpha value is -3.37. The standard InChI is InChI=1S/C24H26N6O3S/c31-21(6-7-22(32)30-9-8-20(26-30)18-4-2-1-3-5-18)28-12-10-27(11-13-28)17-19-16-23(33)29-14-15-34-24(29)25-19/h1-5,14-16H,6-13,17H2. The molecule has 0 unspecified atom stereocenters. The summed E-state index contributed by atoms with van der Waals surface area (Å²) in [7, 11) is 0. The van der Waals surface area contributed by atoms with Gasteiger partial charge in [-0.25, -0.2) is 9.99 Å². The summed E-state index contributed by atoms with van der Waals surface area (Å²) in [6.07, 6.45) is 2.82. The molecule has 0 aliphatic carbocycles. The second-order valence-electron chi connectivity index (χ2n) is 8.48. The fraction of sp³-hybridized carbons (Fsp3) is 0.375. The van der Waals surface area contributed by atoms with Crippen molar-refractivity contribution in [3.63, 3.8) is 0 Å². The summed E-state index contributed by atoms with van der Waals surface area (Å²) in [5, 5.41) is 7.80. The fourth-order valence-corrected chi connectivity index (χ4v) is 5.06.